The maximum absolute atomic E-state index is 5.41. The van der Waals surface area contributed by atoms with Crippen LogP contribution in [0.2, 0.25) is 0 Å². The third kappa shape index (κ3) is 3.76. The molecule has 0 saturated heterocycles. The summed E-state index contributed by atoms with van der Waals surface area (Å²) >= 11 is 0. The molecule has 118 valence electrons. The van der Waals surface area contributed by atoms with Crippen molar-refractivity contribution in [3.8, 4) is 11.6 Å². The van der Waals surface area contributed by atoms with E-state index in [9.17, 15) is 0 Å². The van der Waals surface area contributed by atoms with Gasteiger partial charge in [0, 0.05) is 37.2 Å². The predicted octanol–water partition coefficient (Wildman–Crippen LogP) is 2.87. The molecule has 0 atom stereocenters. The van der Waals surface area contributed by atoms with E-state index in [-0.39, 0.29) is 0 Å². The molecule has 3 aromatic rings. The highest BCUT2D eigenvalue weighted by atomic mass is 16.5. The first kappa shape index (κ1) is 15.2. The van der Waals surface area contributed by atoms with E-state index in [1.165, 1.54) is 5.56 Å². The van der Waals surface area contributed by atoms with E-state index in [1.54, 1.807) is 24.2 Å². The van der Waals surface area contributed by atoms with Crippen LogP contribution in [0.1, 0.15) is 16.7 Å². The average molecular weight is 308 g/mol. The molecule has 23 heavy (non-hydrogen) atoms. The van der Waals surface area contributed by atoms with Crippen molar-refractivity contribution in [1.82, 2.24) is 20.1 Å². The molecule has 0 fully saturated rings. The number of methoxy groups -OCH3 is 1. The molecule has 0 aliphatic carbocycles. The van der Waals surface area contributed by atoms with Gasteiger partial charge in [-0.1, -0.05) is 17.7 Å². The summed E-state index contributed by atoms with van der Waals surface area (Å²) in [5.74, 6) is 1.73. The first-order valence-electron chi connectivity index (χ1n) is 7.55. The van der Waals surface area contributed by atoms with Crippen LogP contribution in [0.3, 0.4) is 0 Å². The molecule has 1 N–H and O–H groups in total. The molecule has 3 rings (SSSR count). The van der Waals surface area contributed by atoms with Gasteiger partial charge in [0.1, 0.15) is 5.75 Å². The first-order chi connectivity index (χ1) is 11.3. The molecule has 0 aliphatic rings. The van der Waals surface area contributed by atoms with E-state index >= 15 is 0 Å². The summed E-state index contributed by atoms with van der Waals surface area (Å²) in [5.41, 5.74) is 3.55. The number of rotatable bonds is 6. The van der Waals surface area contributed by atoms with Crippen LogP contribution in [-0.2, 0) is 13.1 Å². The molecule has 0 bridgehead atoms. The molecule has 1 aromatic carbocycles. The van der Waals surface area contributed by atoms with Gasteiger partial charge in [-0.05, 0) is 36.8 Å². The number of nitrogens with one attached hydrogen (secondary N) is 1. The summed E-state index contributed by atoms with van der Waals surface area (Å²) in [6.45, 7) is 3.60. The van der Waals surface area contributed by atoms with Gasteiger partial charge >= 0.3 is 0 Å². The van der Waals surface area contributed by atoms with E-state index in [0.29, 0.717) is 0 Å². The van der Waals surface area contributed by atoms with Crippen LogP contribution < -0.4 is 10.1 Å². The maximum Gasteiger partial charge on any atom is 0.153 e. The Balaban J connectivity index is 1.65. The van der Waals surface area contributed by atoms with Gasteiger partial charge in [-0.25, -0.2) is 9.67 Å². The van der Waals surface area contributed by atoms with Gasteiger partial charge in [-0.15, -0.1) is 0 Å². The Hall–Kier alpha value is -2.66. The predicted molar refractivity (Wildman–Crippen MR) is 89.6 cm³/mol. The van der Waals surface area contributed by atoms with Crippen LogP contribution in [0.5, 0.6) is 5.75 Å². The van der Waals surface area contributed by atoms with E-state index in [2.05, 4.69) is 34.5 Å². The number of aromatic nitrogens is 3. The van der Waals surface area contributed by atoms with E-state index < -0.39 is 0 Å². The normalized spacial score (nSPS) is 10.7. The minimum absolute atomic E-state index is 0.754. The summed E-state index contributed by atoms with van der Waals surface area (Å²) in [6.07, 6.45) is 5.44. The number of hydrogen-bond donors (Lipinski definition) is 1. The van der Waals surface area contributed by atoms with Crippen molar-refractivity contribution < 1.29 is 4.74 Å². The molecule has 0 spiro atoms. The molecular weight excluding hydrogens is 288 g/mol. The van der Waals surface area contributed by atoms with Crippen LogP contribution in [-0.4, -0.2) is 21.9 Å². The molecule has 5 nitrogen and oxygen atoms in total. The summed E-state index contributed by atoms with van der Waals surface area (Å²) in [4.78, 5) is 4.34. The highest BCUT2D eigenvalue weighted by molar-refractivity contribution is 5.36. The summed E-state index contributed by atoms with van der Waals surface area (Å²) < 4.78 is 7.17. The van der Waals surface area contributed by atoms with Crippen LogP contribution in [0.25, 0.3) is 5.82 Å². The molecule has 0 radical (unpaired) electrons. The molecule has 2 heterocycles. The van der Waals surface area contributed by atoms with E-state index in [4.69, 9.17) is 4.74 Å². The minimum Gasteiger partial charge on any atom is -0.496 e. The van der Waals surface area contributed by atoms with Crippen LogP contribution in [0, 0.1) is 6.92 Å². The number of pyridine rings is 1. The molecule has 0 saturated carbocycles. The van der Waals surface area contributed by atoms with Gasteiger partial charge in [0.05, 0.1) is 7.11 Å². The molecule has 0 unspecified atom stereocenters. The molecule has 0 amide bonds. The fourth-order valence-electron chi connectivity index (χ4n) is 2.49. The fourth-order valence-corrected chi connectivity index (χ4v) is 2.49. The summed E-state index contributed by atoms with van der Waals surface area (Å²) in [6, 6.07) is 12.1. The largest absolute Gasteiger partial charge is 0.496 e. The Morgan fingerprint density at radius 2 is 2.04 bits per heavy atom. The van der Waals surface area contributed by atoms with Crippen LogP contribution >= 0.6 is 0 Å². The van der Waals surface area contributed by atoms with Crippen molar-refractivity contribution in [1.29, 1.82) is 0 Å². The molecular formula is C18H20N4O. The van der Waals surface area contributed by atoms with Gasteiger partial charge in [-0.3, -0.25) is 0 Å². The van der Waals surface area contributed by atoms with Crippen molar-refractivity contribution >= 4 is 0 Å². The second kappa shape index (κ2) is 7.07. The fraction of sp³-hybridized carbons (Fsp3) is 0.222. The SMILES string of the molecule is COc1ccc(C)cc1CNCc1ccnc(-n2cccn2)c1. The maximum atomic E-state index is 5.41. The number of benzene rings is 1. The van der Waals surface area contributed by atoms with Crippen molar-refractivity contribution in [2.75, 3.05) is 7.11 Å². The first-order valence-corrected chi connectivity index (χ1v) is 7.55. The lowest BCUT2D eigenvalue weighted by atomic mass is 10.1. The smallest absolute Gasteiger partial charge is 0.153 e. The topological polar surface area (TPSA) is 52.0 Å². The Kier molecular flexibility index (Phi) is 4.68. The zero-order chi connectivity index (χ0) is 16.1. The third-order valence-corrected chi connectivity index (χ3v) is 3.63. The summed E-state index contributed by atoms with van der Waals surface area (Å²) in [7, 11) is 1.70. The van der Waals surface area contributed by atoms with Crippen LogP contribution in [0.15, 0.2) is 55.0 Å². The third-order valence-electron chi connectivity index (χ3n) is 3.63. The highest BCUT2D eigenvalue weighted by Crippen LogP contribution is 2.19. The number of hydrogen-bond acceptors (Lipinski definition) is 4. The number of ether oxygens (including phenoxy) is 1. The van der Waals surface area contributed by atoms with E-state index in [1.807, 2.05) is 30.5 Å². The molecule has 2 aromatic heterocycles. The van der Waals surface area contributed by atoms with Crippen molar-refractivity contribution in [3.05, 3.63) is 71.7 Å². The Labute approximate surface area is 135 Å². The lowest BCUT2D eigenvalue weighted by Gasteiger charge is -2.11. The van der Waals surface area contributed by atoms with Gasteiger partial charge < -0.3 is 10.1 Å². The van der Waals surface area contributed by atoms with Gasteiger partial charge in [0.2, 0.25) is 0 Å². The van der Waals surface area contributed by atoms with Gasteiger partial charge in [0.15, 0.2) is 5.82 Å². The Morgan fingerprint density at radius 1 is 1.13 bits per heavy atom. The van der Waals surface area contributed by atoms with Gasteiger partial charge in [-0.2, -0.15) is 5.10 Å². The zero-order valence-electron chi connectivity index (χ0n) is 13.4. The van der Waals surface area contributed by atoms with Crippen molar-refractivity contribution in [3.63, 3.8) is 0 Å². The standard InChI is InChI=1S/C18H20N4O/c1-14-4-5-17(23-2)16(10-14)13-19-12-15-6-8-20-18(11-15)22-9-3-7-21-22/h3-11,19H,12-13H2,1-2H3. The number of nitrogens with zero attached hydrogens (tertiary/aromatic N) is 3. The average Bonchev–Trinajstić information content (AvgIpc) is 3.10. The van der Waals surface area contributed by atoms with Crippen molar-refractivity contribution in [2.24, 2.45) is 0 Å². The Bertz CT molecular complexity index is 768. The van der Waals surface area contributed by atoms with Crippen molar-refractivity contribution in [2.45, 2.75) is 20.0 Å². The Morgan fingerprint density at radius 3 is 2.83 bits per heavy atom. The zero-order valence-corrected chi connectivity index (χ0v) is 13.4. The lowest BCUT2D eigenvalue weighted by molar-refractivity contribution is 0.407. The van der Waals surface area contributed by atoms with Gasteiger partial charge in [0.25, 0.3) is 0 Å². The molecule has 5 heteroatoms. The molecule has 0 aliphatic heterocycles. The highest BCUT2D eigenvalue weighted by Gasteiger charge is 2.04. The second-order valence-electron chi connectivity index (χ2n) is 5.39. The lowest BCUT2D eigenvalue weighted by Crippen LogP contribution is -2.14. The quantitative estimate of drug-likeness (QED) is 0.761. The summed E-state index contributed by atoms with van der Waals surface area (Å²) in [5, 5.41) is 7.66. The minimum atomic E-state index is 0.754. The van der Waals surface area contributed by atoms with E-state index in [0.717, 1.165) is 35.8 Å². The monoisotopic (exact) mass is 308 g/mol. The number of aryl methyl sites for hydroxylation is 1. The second-order valence-corrected chi connectivity index (χ2v) is 5.39. The van der Waals surface area contributed by atoms with Crippen LogP contribution in [0.4, 0.5) is 0 Å².